The Morgan fingerprint density at radius 2 is 2.21 bits per heavy atom. The van der Waals surface area contributed by atoms with Gasteiger partial charge in [0.05, 0.1) is 23.2 Å². The third-order valence-corrected chi connectivity index (χ3v) is 2.40. The minimum absolute atomic E-state index is 0.0173. The SMILES string of the molecule is CC1(C)CC(=O)c2c(Cl)cncc2O1. The number of carbonyl (C=O) groups is 1. The van der Waals surface area contributed by atoms with E-state index in [-0.39, 0.29) is 5.78 Å². The lowest BCUT2D eigenvalue weighted by molar-refractivity contribution is 0.0618. The summed E-state index contributed by atoms with van der Waals surface area (Å²) in [5, 5.41) is 0.364. The van der Waals surface area contributed by atoms with Gasteiger partial charge in [-0.05, 0) is 13.8 Å². The van der Waals surface area contributed by atoms with Gasteiger partial charge in [-0.2, -0.15) is 0 Å². The van der Waals surface area contributed by atoms with Gasteiger partial charge in [0.1, 0.15) is 5.60 Å². The van der Waals surface area contributed by atoms with Gasteiger partial charge < -0.3 is 4.74 Å². The molecule has 0 atom stereocenters. The number of rotatable bonds is 0. The second-order valence-electron chi connectivity index (χ2n) is 3.96. The zero-order chi connectivity index (χ0) is 10.3. The topological polar surface area (TPSA) is 39.2 Å². The van der Waals surface area contributed by atoms with Gasteiger partial charge in [-0.1, -0.05) is 11.6 Å². The van der Waals surface area contributed by atoms with E-state index in [9.17, 15) is 4.79 Å². The number of ketones is 1. The van der Waals surface area contributed by atoms with Crippen LogP contribution >= 0.6 is 11.6 Å². The number of fused-ring (bicyclic) bond motifs is 1. The number of aromatic nitrogens is 1. The van der Waals surface area contributed by atoms with E-state index < -0.39 is 5.60 Å². The molecule has 0 bridgehead atoms. The molecule has 1 aromatic heterocycles. The Bertz CT molecular complexity index is 401. The van der Waals surface area contributed by atoms with E-state index in [2.05, 4.69) is 4.98 Å². The van der Waals surface area contributed by atoms with Crippen LogP contribution in [0.2, 0.25) is 5.02 Å². The van der Waals surface area contributed by atoms with Crippen molar-refractivity contribution < 1.29 is 9.53 Å². The number of pyridine rings is 1. The maximum absolute atomic E-state index is 11.7. The standard InChI is InChI=1S/C10H10ClNO2/c1-10(2)3-7(13)9-6(11)4-12-5-8(9)14-10/h4-5H,3H2,1-2H3. The van der Waals surface area contributed by atoms with E-state index in [0.717, 1.165) is 0 Å². The van der Waals surface area contributed by atoms with Gasteiger partial charge in [0.2, 0.25) is 0 Å². The molecular weight excluding hydrogens is 202 g/mol. The van der Waals surface area contributed by atoms with Gasteiger partial charge in [-0.3, -0.25) is 9.78 Å². The highest BCUT2D eigenvalue weighted by Crippen LogP contribution is 2.35. The molecular formula is C10H10ClNO2. The summed E-state index contributed by atoms with van der Waals surface area (Å²) in [7, 11) is 0. The number of hydrogen-bond acceptors (Lipinski definition) is 3. The van der Waals surface area contributed by atoms with Crippen molar-refractivity contribution in [1.29, 1.82) is 0 Å². The van der Waals surface area contributed by atoms with E-state index in [1.165, 1.54) is 12.4 Å². The van der Waals surface area contributed by atoms with Crippen molar-refractivity contribution in [2.45, 2.75) is 25.9 Å². The number of carbonyl (C=O) groups excluding carboxylic acids is 1. The summed E-state index contributed by atoms with van der Waals surface area (Å²) < 4.78 is 5.60. The van der Waals surface area contributed by atoms with Crippen molar-refractivity contribution in [2.75, 3.05) is 0 Å². The lowest BCUT2D eigenvalue weighted by Gasteiger charge is -2.31. The van der Waals surface area contributed by atoms with Crippen molar-refractivity contribution in [2.24, 2.45) is 0 Å². The van der Waals surface area contributed by atoms with Crippen molar-refractivity contribution in [3.05, 3.63) is 23.0 Å². The summed E-state index contributed by atoms with van der Waals surface area (Å²) in [5.74, 6) is 0.502. The Kier molecular flexibility index (Phi) is 2.00. The maximum Gasteiger partial charge on any atom is 0.172 e. The van der Waals surface area contributed by atoms with Gasteiger partial charge in [-0.15, -0.1) is 0 Å². The molecule has 1 aliphatic heterocycles. The third-order valence-electron chi connectivity index (χ3n) is 2.12. The third kappa shape index (κ3) is 1.48. The molecule has 0 saturated heterocycles. The van der Waals surface area contributed by atoms with Crippen LogP contribution in [-0.4, -0.2) is 16.4 Å². The number of nitrogens with zero attached hydrogens (tertiary/aromatic N) is 1. The van der Waals surface area contributed by atoms with Crippen LogP contribution in [0.3, 0.4) is 0 Å². The van der Waals surface area contributed by atoms with Gasteiger partial charge in [-0.25, -0.2) is 0 Å². The summed E-state index contributed by atoms with van der Waals surface area (Å²) >= 11 is 5.87. The largest absolute Gasteiger partial charge is 0.485 e. The average molecular weight is 212 g/mol. The fourth-order valence-electron chi connectivity index (χ4n) is 1.57. The van der Waals surface area contributed by atoms with E-state index in [0.29, 0.717) is 22.8 Å². The van der Waals surface area contributed by atoms with Crippen molar-refractivity contribution in [3.63, 3.8) is 0 Å². The maximum atomic E-state index is 11.7. The van der Waals surface area contributed by atoms with Crippen LogP contribution in [0.15, 0.2) is 12.4 Å². The molecule has 1 aliphatic rings. The summed E-state index contributed by atoms with van der Waals surface area (Å²) in [6, 6.07) is 0. The zero-order valence-corrected chi connectivity index (χ0v) is 8.76. The molecule has 0 saturated carbocycles. The molecule has 2 rings (SSSR count). The van der Waals surface area contributed by atoms with Crippen LogP contribution in [0.1, 0.15) is 30.6 Å². The highest BCUT2D eigenvalue weighted by molar-refractivity contribution is 6.34. The molecule has 0 N–H and O–H groups in total. The van der Waals surface area contributed by atoms with Gasteiger partial charge >= 0.3 is 0 Å². The van der Waals surface area contributed by atoms with Crippen LogP contribution < -0.4 is 4.74 Å². The fourth-order valence-corrected chi connectivity index (χ4v) is 1.83. The van der Waals surface area contributed by atoms with Crippen molar-refractivity contribution in [3.8, 4) is 5.75 Å². The highest BCUT2D eigenvalue weighted by Gasteiger charge is 2.33. The summed E-state index contributed by atoms with van der Waals surface area (Å²) in [4.78, 5) is 15.6. The van der Waals surface area contributed by atoms with Gasteiger partial charge in [0.25, 0.3) is 0 Å². The smallest absolute Gasteiger partial charge is 0.172 e. The second-order valence-corrected chi connectivity index (χ2v) is 4.36. The van der Waals surface area contributed by atoms with Gasteiger partial charge in [0, 0.05) is 6.20 Å². The first-order valence-electron chi connectivity index (χ1n) is 4.35. The summed E-state index contributed by atoms with van der Waals surface area (Å²) in [6.07, 6.45) is 3.34. The minimum Gasteiger partial charge on any atom is -0.485 e. The van der Waals surface area contributed by atoms with Crippen molar-refractivity contribution >= 4 is 17.4 Å². The minimum atomic E-state index is -0.462. The van der Waals surface area contributed by atoms with E-state index in [4.69, 9.17) is 16.3 Å². The van der Waals surface area contributed by atoms with Crippen molar-refractivity contribution in [1.82, 2.24) is 4.98 Å². The Labute approximate surface area is 87.0 Å². The van der Waals surface area contributed by atoms with Crippen LogP contribution in [0.25, 0.3) is 0 Å². The molecule has 1 aromatic rings. The lowest BCUT2D eigenvalue weighted by atomic mass is 9.94. The number of ether oxygens (including phenoxy) is 1. The monoisotopic (exact) mass is 211 g/mol. The molecule has 3 nitrogen and oxygen atoms in total. The fraction of sp³-hybridized carbons (Fsp3) is 0.400. The Balaban J connectivity index is 2.56. The first kappa shape index (κ1) is 9.46. The molecule has 74 valence electrons. The number of hydrogen-bond donors (Lipinski definition) is 0. The predicted octanol–water partition coefficient (Wildman–Crippen LogP) is 2.48. The van der Waals surface area contributed by atoms with E-state index >= 15 is 0 Å². The molecule has 0 aromatic carbocycles. The molecule has 0 radical (unpaired) electrons. The Morgan fingerprint density at radius 3 is 2.93 bits per heavy atom. The first-order valence-corrected chi connectivity index (χ1v) is 4.73. The quantitative estimate of drug-likeness (QED) is 0.662. The van der Waals surface area contributed by atoms with Crippen LogP contribution in [-0.2, 0) is 0 Å². The predicted molar refractivity (Wildman–Crippen MR) is 52.9 cm³/mol. The zero-order valence-electron chi connectivity index (χ0n) is 8.00. The van der Waals surface area contributed by atoms with E-state index in [1.54, 1.807) is 0 Å². The molecule has 4 heteroatoms. The molecule has 0 amide bonds. The molecule has 2 heterocycles. The number of Topliss-reactive ketones (excluding diaryl/α,β-unsaturated/α-hetero) is 1. The molecule has 0 unspecified atom stereocenters. The van der Waals surface area contributed by atoms with Crippen LogP contribution in [0, 0.1) is 0 Å². The first-order chi connectivity index (χ1) is 6.49. The normalized spacial score (nSPS) is 18.6. The van der Waals surface area contributed by atoms with Crippen LogP contribution in [0.4, 0.5) is 0 Å². The highest BCUT2D eigenvalue weighted by atomic mass is 35.5. The Morgan fingerprint density at radius 1 is 1.50 bits per heavy atom. The molecule has 14 heavy (non-hydrogen) atoms. The second kappa shape index (κ2) is 2.95. The number of halogens is 1. The summed E-state index contributed by atoms with van der Waals surface area (Å²) in [5.41, 5.74) is -0.00261. The lowest BCUT2D eigenvalue weighted by Crippen LogP contribution is -2.36. The average Bonchev–Trinajstić information content (AvgIpc) is 2.00. The molecule has 0 fully saturated rings. The van der Waals surface area contributed by atoms with Gasteiger partial charge in [0.15, 0.2) is 11.5 Å². The van der Waals surface area contributed by atoms with Crippen LogP contribution in [0.5, 0.6) is 5.75 Å². The van der Waals surface area contributed by atoms with E-state index in [1.807, 2.05) is 13.8 Å². The summed E-state index contributed by atoms with van der Waals surface area (Å²) in [6.45, 7) is 3.74. The molecule has 0 aliphatic carbocycles. The molecule has 0 spiro atoms. The Hall–Kier alpha value is -1.09.